The molecule has 1 heterocycles. The zero-order chi connectivity index (χ0) is 15.7. The smallest absolute Gasteiger partial charge is 0.412 e. The lowest BCUT2D eigenvalue weighted by Crippen LogP contribution is -2.55. The number of carbonyl (C=O) groups excluding carboxylic acids is 1. The van der Waals surface area contributed by atoms with E-state index in [0.29, 0.717) is 12.1 Å². The number of carbonyl (C=O) groups is 1. The molecule has 2 aliphatic rings. The normalized spacial score (nSPS) is 21.1. The van der Waals surface area contributed by atoms with Gasteiger partial charge in [0.2, 0.25) is 0 Å². The molecule has 1 amide bonds. The van der Waals surface area contributed by atoms with Crippen molar-refractivity contribution in [2.45, 2.75) is 51.3 Å². The van der Waals surface area contributed by atoms with Gasteiger partial charge in [0, 0.05) is 30.9 Å². The number of ether oxygens (including phenoxy) is 1. The van der Waals surface area contributed by atoms with Gasteiger partial charge < -0.3 is 15.4 Å². The second kappa shape index (κ2) is 5.89. The van der Waals surface area contributed by atoms with E-state index < -0.39 is 11.7 Å². The highest BCUT2D eigenvalue weighted by Crippen LogP contribution is 2.33. The van der Waals surface area contributed by atoms with Gasteiger partial charge in [0.05, 0.1) is 0 Å². The van der Waals surface area contributed by atoms with Gasteiger partial charge in [-0.2, -0.15) is 0 Å². The monoisotopic (exact) mass is 303 g/mol. The lowest BCUT2D eigenvalue weighted by atomic mass is 10.0. The summed E-state index contributed by atoms with van der Waals surface area (Å²) in [5, 5.41) is 9.79. The Bertz CT molecular complexity index is 562. The molecule has 1 aliphatic carbocycles. The van der Waals surface area contributed by atoms with E-state index in [-0.39, 0.29) is 0 Å². The van der Waals surface area contributed by atoms with E-state index in [1.54, 1.807) is 0 Å². The van der Waals surface area contributed by atoms with Crippen molar-refractivity contribution >= 4 is 11.8 Å². The zero-order valence-corrected chi connectivity index (χ0v) is 13.5. The van der Waals surface area contributed by atoms with Gasteiger partial charge in [-0.1, -0.05) is 6.07 Å². The van der Waals surface area contributed by atoms with Crippen molar-refractivity contribution in [2.24, 2.45) is 0 Å². The molecule has 0 radical (unpaired) electrons. The summed E-state index contributed by atoms with van der Waals surface area (Å²) in [6, 6.07) is 7.19. The Labute approximate surface area is 131 Å². The van der Waals surface area contributed by atoms with Gasteiger partial charge in [-0.05, 0) is 56.9 Å². The molecular weight excluding hydrogens is 278 g/mol. The van der Waals surface area contributed by atoms with E-state index in [4.69, 9.17) is 4.74 Å². The highest BCUT2D eigenvalue weighted by Gasteiger charge is 2.27. The van der Waals surface area contributed by atoms with Crippen LogP contribution in [-0.2, 0) is 11.2 Å². The predicted molar refractivity (Wildman–Crippen MR) is 87.2 cm³/mol. The van der Waals surface area contributed by atoms with Gasteiger partial charge in [0.1, 0.15) is 5.60 Å². The highest BCUT2D eigenvalue weighted by atomic mass is 16.6. The minimum atomic E-state index is -0.480. The molecule has 0 saturated carbocycles. The molecule has 22 heavy (non-hydrogen) atoms. The fourth-order valence-corrected chi connectivity index (χ4v) is 2.98. The highest BCUT2D eigenvalue weighted by molar-refractivity contribution is 5.85. The number of nitrogens with one attached hydrogen (secondary N) is 3. The first-order valence-corrected chi connectivity index (χ1v) is 8.00. The lowest BCUT2D eigenvalue weighted by molar-refractivity contribution is 0.0636. The molecule has 1 atom stereocenters. The van der Waals surface area contributed by atoms with Gasteiger partial charge in [0.15, 0.2) is 0 Å². The van der Waals surface area contributed by atoms with Crippen molar-refractivity contribution < 1.29 is 9.53 Å². The van der Waals surface area contributed by atoms with E-state index in [2.05, 4.69) is 28.1 Å². The zero-order valence-electron chi connectivity index (χ0n) is 13.5. The van der Waals surface area contributed by atoms with Crippen molar-refractivity contribution in [2.75, 3.05) is 18.4 Å². The fraction of sp³-hybridized carbons (Fsp3) is 0.588. The quantitative estimate of drug-likeness (QED) is 0.803. The van der Waals surface area contributed by atoms with Crippen LogP contribution in [-0.4, -0.2) is 30.8 Å². The topological polar surface area (TPSA) is 62.4 Å². The number of aryl methyl sites for hydroxylation is 1. The Morgan fingerprint density at radius 3 is 2.73 bits per heavy atom. The van der Waals surface area contributed by atoms with Crippen LogP contribution in [0.1, 0.15) is 44.4 Å². The maximum absolute atomic E-state index is 11.8. The third-order valence-corrected chi connectivity index (χ3v) is 4.08. The summed E-state index contributed by atoms with van der Waals surface area (Å²) < 4.78 is 5.29. The number of benzene rings is 1. The molecule has 1 unspecified atom stereocenters. The predicted octanol–water partition coefficient (Wildman–Crippen LogP) is 2.58. The van der Waals surface area contributed by atoms with Gasteiger partial charge in [0.25, 0.3) is 0 Å². The van der Waals surface area contributed by atoms with Crippen LogP contribution in [0.2, 0.25) is 0 Å². The van der Waals surface area contributed by atoms with Crippen LogP contribution in [0.25, 0.3) is 0 Å². The average molecular weight is 303 g/mol. The molecule has 120 valence electrons. The second-order valence-corrected chi connectivity index (χ2v) is 7.15. The Morgan fingerprint density at radius 2 is 2.09 bits per heavy atom. The standard InChI is InChI=1S/C17H25N3O2/c1-17(2,3)22-16(21)20-12-5-6-14-11(8-12)4-7-15(14)19-13-9-18-10-13/h5-6,8,13,15,18-19H,4,7,9-10H2,1-3H3,(H,20,21). The van der Waals surface area contributed by atoms with Crippen molar-refractivity contribution in [1.82, 2.24) is 10.6 Å². The van der Waals surface area contributed by atoms with Gasteiger partial charge in [-0.25, -0.2) is 4.79 Å². The van der Waals surface area contributed by atoms with Crippen molar-refractivity contribution in [3.63, 3.8) is 0 Å². The summed E-state index contributed by atoms with van der Waals surface area (Å²) in [6.07, 6.45) is 1.78. The number of anilines is 1. The number of rotatable bonds is 3. The van der Waals surface area contributed by atoms with Crippen molar-refractivity contribution in [3.05, 3.63) is 29.3 Å². The van der Waals surface area contributed by atoms with E-state index >= 15 is 0 Å². The molecule has 3 rings (SSSR count). The fourth-order valence-electron chi connectivity index (χ4n) is 2.98. The summed E-state index contributed by atoms with van der Waals surface area (Å²) in [4.78, 5) is 11.8. The lowest BCUT2D eigenvalue weighted by Gasteiger charge is -2.31. The van der Waals surface area contributed by atoms with Crippen LogP contribution in [0.15, 0.2) is 18.2 Å². The molecule has 0 aromatic heterocycles. The molecule has 1 fully saturated rings. The molecular formula is C17H25N3O2. The summed E-state index contributed by atoms with van der Waals surface area (Å²) in [6.45, 7) is 7.71. The van der Waals surface area contributed by atoms with Crippen LogP contribution < -0.4 is 16.0 Å². The summed E-state index contributed by atoms with van der Waals surface area (Å²) >= 11 is 0. The number of hydrogen-bond donors (Lipinski definition) is 3. The SMILES string of the molecule is CC(C)(C)OC(=O)Nc1ccc2c(c1)CCC2NC1CNC1. The number of hydrogen-bond acceptors (Lipinski definition) is 4. The Hall–Kier alpha value is -1.59. The second-order valence-electron chi connectivity index (χ2n) is 7.15. The van der Waals surface area contributed by atoms with Crippen LogP contribution in [0.3, 0.4) is 0 Å². The van der Waals surface area contributed by atoms with E-state index in [1.165, 1.54) is 11.1 Å². The molecule has 0 bridgehead atoms. The van der Waals surface area contributed by atoms with Crippen molar-refractivity contribution in [1.29, 1.82) is 0 Å². The number of fused-ring (bicyclic) bond motifs is 1. The largest absolute Gasteiger partial charge is 0.444 e. The molecule has 0 spiro atoms. The molecule has 3 N–H and O–H groups in total. The third-order valence-electron chi connectivity index (χ3n) is 4.08. The Kier molecular flexibility index (Phi) is 4.10. The van der Waals surface area contributed by atoms with Gasteiger partial charge >= 0.3 is 6.09 Å². The van der Waals surface area contributed by atoms with Crippen LogP contribution in [0.5, 0.6) is 0 Å². The van der Waals surface area contributed by atoms with Crippen molar-refractivity contribution in [3.8, 4) is 0 Å². The maximum atomic E-state index is 11.8. The first kappa shape index (κ1) is 15.3. The molecule has 5 heteroatoms. The summed E-state index contributed by atoms with van der Waals surface area (Å²) in [7, 11) is 0. The van der Waals surface area contributed by atoms with E-state index in [9.17, 15) is 4.79 Å². The Balaban J connectivity index is 1.63. The molecule has 1 aromatic rings. The first-order valence-electron chi connectivity index (χ1n) is 8.00. The summed E-state index contributed by atoms with van der Waals surface area (Å²) in [5.74, 6) is 0. The minimum absolute atomic E-state index is 0.402. The van der Waals surface area contributed by atoms with Gasteiger partial charge in [-0.15, -0.1) is 0 Å². The van der Waals surface area contributed by atoms with E-state index in [1.807, 2.05) is 26.8 Å². The molecule has 1 aromatic carbocycles. The Morgan fingerprint density at radius 1 is 1.32 bits per heavy atom. The van der Waals surface area contributed by atoms with Gasteiger partial charge in [-0.3, -0.25) is 5.32 Å². The minimum Gasteiger partial charge on any atom is -0.444 e. The van der Waals surface area contributed by atoms with Crippen LogP contribution >= 0.6 is 0 Å². The van der Waals surface area contributed by atoms with Crippen LogP contribution in [0, 0.1) is 0 Å². The molecule has 5 nitrogen and oxygen atoms in total. The third kappa shape index (κ3) is 3.59. The molecule has 1 saturated heterocycles. The molecule has 1 aliphatic heterocycles. The average Bonchev–Trinajstić information content (AvgIpc) is 2.73. The van der Waals surface area contributed by atoms with Crippen LogP contribution in [0.4, 0.5) is 10.5 Å². The first-order chi connectivity index (χ1) is 10.4. The number of amides is 1. The maximum Gasteiger partial charge on any atom is 0.412 e. The summed E-state index contributed by atoms with van der Waals surface area (Å²) in [5.41, 5.74) is 3.01. The van der Waals surface area contributed by atoms with E-state index in [0.717, 1.165) is 31.6 Å².